The Hall–Kier alpha value is -3.95. The van der Waals surface area contributed by atoms with Gasteiger partial charge in [0.15, 0.2) is 0 Å². The molecular weight excluding hydrogens is 446 g/mol. The Morgan fingerprint density at radius 2 is 1.86 bits per heavy atom. The van der Waals surface area contributed by atoms with Gasteiger partial charge in [-0.15, -0.1) is 0 Å². The molecule has 1 N–H and O–H groups in total. The van der Waals surface area contributed by atoms with Gasteiger partial charge in [0.05, 0.1) is 58.9 Å². The number of pyridine rings is 2. The fourth-order valence-electron chi connectivity index (χ4n) is 5.62. The third-order valence-corrected chi connectivity index (χ3v) is 7.44. The van der Waals surface area contributed by atoms with Gasteiger partial charge in [-0.05, 0) is 32.9 Å². The Bertz CT molecular complexity index is 1350. The quantitative estimate of drug-likeness (QED) is 0.620. The molecule has 2 amide bonds. The van der Waals surface area contributed by atoms with Gasteiger partial charge in [0.2, 0.25) is 5.88 Å². The van der Waals surface area contributed by atoms with Crippen molar-refractivity contribution in [2.45, 2.75) is 26.3 Å². The summed E-state index contributed by atoms with van der Waals surface area (Å²) in [5.74, 6) is 0.422. The van der Waals surface area contributed by atoms with Crippen molar-refractivity contribution in [1.82, 2.24) is 25.1 Å². The topological polar surface area (TPSA) is 108 Å². The van der Waals surface area contributed by atoms with Crippen LogP contribution < -0.4 is 14.5 Å². The van der Waals surface area contributed by atoms with Crippen LogP contribution >= 0.6 is 0 Å². The van der Waals surface area contributed by atoms with Crippen LogP contribution in [0.15, 0.2) is 36.8 Å². The lowest BCUT2D eigenvalue weighted by Gasteiger charge is -2.60. The maximum absolute atomic E-state index is 13.3. The van der Waals surface area contributed by atoms with Crippen LogP contribution in [-0.4, -0.2) is 70.2 Å². The average Bonchev–Trinajstić information content (AvgIpc) is 3.30. The first-order valence-electron chi connectivity index (χ1n) is 11.6. The van der Waals surface area contributed by atoms with Crippen LogP contribution in [0.25, 0.3) is 0 Å². The van der Waals surface area contributed by atoms with Crippen LogP contribution in [0.1, 0.15) is 46.0 Å². The number of amides is 2. The molecule has 3 aliphatic rings. The lowest BCUT2D eigenvalue weighted by Crippen LogP contribution is -2.73. The van der Waals surface area contributed by atoms with Crippen molar-refractivity contribution in [3.63, 3.8) is 0 Å². The van der Waals surface area contributed by atoms with E-state index in [1.165, 1.54) is 0 Å². The number of rotatable bonds is 4. The number of likely N-dealkylation sites (tertiary alicyclic amines) is 1. The van der Waals surface area contributed by atoms with Crippen LogP contribution in [0.3, 0.4) is 0 Å². The molecule has 10 heteroatoms. The molecule has 6 heterocycles. The van der Waals surface area contributed by atoms with Crippen molar-refractivity contribution >= 4 is 23.2 Å². The SMILES string of the molecule is COc1ccc2c(n1)C(C)(C)N(c1cncc(N3CC4(CN(C(=O)c5c[nH]nc5C)C4)C3)c1)C2=O. The Kier molecular flexibility index (Phi) is 4.48. The smallest absolute Gasteiger partial charge is 0.261 e. The number of aromatic nitrogens is 4. The normalized spacial score (nSPS) is 19.4. The zero-order chi connectivity index (χ0) is 24.5. The van der Waals surface area contributed by atoms with Gasteiger partial charge in [-0.2, -0.15) is 5.10 Å². The predicted molar refractivity (Wildman–Crippen MR) is 129 cm³/mol. The summed E-state index contributed by atoms with van der Waals surface area (Å²) < 4.78 is 5.28. The molecule has 1 spiro atoms. The fourth-order valence-corrected chi connectivity index (χ4v) is 5.62. The highest BCUT2D eigenvalue weighted by molar-refractivity contribution is 6.11. The number of carbonyl (C=O) groups excluding carboxylic acids is 2. The maximum atomic E-state index is 13.3. The number of nitrogens with zero attached hydrogens (tertiary/aromatic N) is 6. The van der Waals surface area contributed by atoms with E-state index in [2.05, 4.69) is 25.1 Å². The molecule has 35 heavy (non-hydrogen) atoms. The van der Waals surface area contributed by atoms with E-state index in [9.17, 15) is 9.59 Å². The number of hydrogen-bond donors (Lipinski definition) is 1. The van der Waals surface area contributed by atoms with Crippen LogP contribution in [0.4, 0.5) is 11.4 Å². The van der Waals surface area contributed by atoms with Crippen LogP contribution in [0.2, 0.25) is 0 Å². The molecule has 0 radical (unpaired) electrons. The van der Waals surface area contributed by atoms with E-state index >= 15 is 0 Å². The first kappa shape index (κ1) is 21.6. The van der Waals surface area contributed by atoms with E-state index in [1.54, 1.807) is 36.5 Å². The number of anilines is 2. The van der Waals surface area contributed by atoms with Crippen molar-refractivity contribution in [2.75, 3.05) is 43.1 Å². The Balaban J connectivity index is 1.17. The van der Waals surface area contributed by atoms with E-state index in [0.717, 1.165) is 43.2 Å². The summed E-state index contributed by atoms with van der Waals surface area (Å²) in [7, 11) is 1.57. The number of aromatic amines is 1. The van der Waals surface area contributed by atoms with Gasteiger partial charge in [-0.1, -0.05) is 0 Å². The number of carbonyl (C=O) groups is 2. The lowest BCUT2D eigenvalue weighted by molar-refractivity contribution is -0.0105. The standard InChI is InChI=1S/C25H27N7O3/c1-15-19(10-27-29-15)22(33)31-13-25(14-31)11-30(12-25)16-7-17(9-26-8-16)32-23(34)18-5-6-20(35-4)28-21(18)24(32,2)3/h5-10H,11-14H2,1-4H3,(H,27,29). The van der Waals surface area contributed by atoms with Gasteiger partial charge in [0, 0.05) is 43.9 Å². The zero-order valence-electron chi connectivity index (χ0n) is 20.2. The highest BCUT2D eigenvalue weighted by Crippen LogP contribution is 2.45. The van der Waals surface area contributed by atoms with Crippen molar-refractivity contribution in [2.24, 2.45) is 5.41 Å². The summed E-state index contributed by atoms with van der Waals surface area (Å²) in [6.07, 6.45) is 5.21. The Labute approximate surface area is 202 Å². The van der Waals surface area contributed by atoms with Crippen LogP contribution in [0.5, 0.6) is 5.88 Å². The summed E-state index contributed by atoms with van der Waals surface area (Å²) in [4.78, 5) is 40.9. The molecule has 0 atom stereocenters. The number of ether oxygens (including phenoxy) is 1. The molecular formula is C25H27N7O3. The molecule has 0 bridgehead atoms. The van der Waals surface area contributed by atoms with Crippen molar-refractivity contribution in [3.05, 3.63) is 59.3 Å². The maximum Gasteiger partial charge on any atom is 0.261 e. The third kappa shape index (κ3) is 3.12. The molecule has 180 valence electrons. The Morgan fingerprint density at radius 1 is 1.11 bits per heavy atom. The third-order valence-electron chi connectivity index (χ3n) is 7.44. The Morgan fingerprint density at radius 3 is 2.54 bits per heavy atom. The summed E-state index contributed by atoms with van der Waals surface area (Å²) in [5, 5.41) is 6.81. The van der Waals surface area contributed by atoms with E-state index in [4.69, 9.17) is 4.74 Å². The average molecular weight is 474 g/mol. The first-order valence-corrected chi connectivity index (χ1v) is 11.6. The molecule has 2 saturated heterocycles. The minimum absolute atomic E-state index is 0.0311. The summed E-state index contributed by atoms with van der Waals surface area (Å²) >= 11 is 0. The van der Waals surface area contributed by atoms with E-state index < -0.39 is 5.54 Å². The minimum atomic E-state index is -0.641. The van der Waals surface area contributed by atoms with Crippen molar-refractivity contribution < 1.29 is 14.3 Å². The lowest BCUT2D eigenvalue weighted by atomic mass is 9.72. The van der Waals surface area contributed by atoms with Gasteiger partial charge >= 0.3 is 0 Å². The number of methoxy groups -OCH3 is 1. The first-order chi connectivity index (χ1) is 16.7. The number of fused-ring (bicyclic) bond motifs is 1. The molecule has 6 rings (SSSR count). The van der Waals surface area contributed by atoms with Gasteiger partial charge in [-0.3, -0.25) is 24.6 Å². The number of H-pyrrole nitrogens is 1. The minimum Gasteiger partial charge on any atom is -0.481 e. The summed E-state index contributed by atoms with van der Waals surface area (Å²) in [6.45, 7) is 8.97. The second-order valence-electron chi connectivity index (χ2n) is 10.3. The van der Waals surface area contributed by atoms with Crippen molar-refractivity contribution in [3.8, 4) is 5.88 Å². The zero-order valence-corrected chi connectivity index (χ0v) is 20.2. The largest absolute Gasteiger partial charge is 0.481 e. The molecule has 10 nitrogen and oxygen atoms in total. The van der Waals surface area contributed by atoms with Gasteiger partial charge in [0.1, 0.15) is 0 Å². The van der Waals surface area contributed by atoms with Crippen molar-refractivity contribution in [1.29, 1.82) is 0 Å². The van der Waals surface area contributed by atoms with Crippen LogP contribution in [0, 0.1) is 12.3 Å². The number of hydrogen-bond acceptors (Lipinski definition) is 7. The molecule has 2 fully saturated rings. The molecule has 3 aromatic heterocycles. The second kappa shape index (κ2) is 7.27. The monoisotopic (exact) mass is 473 g/mol. The van der Waals surface area contributed by atoms with E-state index in [0.29, 0.717) is 22.7 Å². The van der Waals surface area contributed by atoms with E-state index in [-0.39, 0.29) is 17.2 Å². The molecule has 0 aliphatic carbocycles. The van der Waals surface area contributed by atoms with E-state index in [1.807, 2.05) is 37.9 Å². The molecule has 0 unspecified atom stereocenters. The highest BCUT2D eigenvalue weighted by Gasteiger charge is 2.54. The molecule has 0 saturated carbocycles. The predicted octanol–water partition coefficient (Wildman–Crippen LogP) is 2.37. The molecule has 3 aromatic rings. The van der Waals surface area contributed by atoms with Gasteiger partial charge < -0.3 is 14.5 Å². The van der Waals surface area contributed by atoms with Gasteiger partial charge in [0.25, 0.3) is 11.8 Å². The summed E-state index contributed by atoms with van der Waals surface area (Å²) in [6, 6.07) is 5.50. The number of nitrogens with one attached hydrogen (secondary N) is 1. The highest BCUT2D eigenvalue weighted by atomic mass is 16.5. The van der Waals surface area contributed by atoms with Crippen LogP contribution in [-0.2, 0) is 5.54 Å². The molecule has 3 aliphatic heterocycles. The summed E-state index contributed by atoms with van der Waals surface area (Å²) in [5.41, 5.74) is 3.81. The second-order valence-corrected chi connectivity index (χ2v) is 10.3. The fraction of sp³-hybridized carbons (Fsp3) is 0.400. The molecule has 0 aromatic carbocycles. The van der Waals surface area contributed by atoms with Gasteiger partial charge in [-0.25, -0.2) is 4.98 Å². The number of aryl methyl sites for hydroxylation is 1.